The van der Waals surface area contributed by atoms with Gasteiger partial charge in [0.05, 0.1) is 13.2 Å². The van der Waals surface area contributed by atoms with E-state index in [0.29, 0.717) is 12.1 Å². The molecule has 1 N–H and O–H groups in total. The van der Waals surface area contributed by atoms with Gasteiger partial charge in [-0.15, -0.1) is 0 Å². The number of hydrogen-bond donors (Lipinski definition) is 1. The summed E-state index contributed by atoms with van der Waals surface area (Å²) in [5.74, 6) is 0.927. The molecular weight excluding hydrogens is 306 g/mol. The van der Waals surface area contributed by atoms with Gasteiger partial charge >= 0.3 is 0 Å². The van der Waals surface area contributed by atoms with Crippen molar-refractivity contribution in [3.8, 4) is 5.75 Å². The molecule has 0 saturated heterocycles. The highest BCUT2D eigenvalue weighted by Crippen LogP contribution is 2.42. The molecule has 19 heavy (non-hydrogen) atoms. The van der Waals surface area contributed by atoms with Crippen LogP contribution in [0.15, 0.2) is 22.7 Å². The Bertz CT molecular complexity index is 448. The quantitative estimate of drug-likeness (QED) is 0.899. The van der Waals surface area contributed by atoms with Gasteiger partial charge in [-0.1, -0.05) is 29.8 Å². The summed E-state index contributed by atoms with van der Waals surface area (Å²) in [5.41, 5.74) is 1.36. The van der Waals surface area contributed by atoms with Crippen LogP contribution in [-0.2, 0) is 11.3 Å². The molecule has 0 aromatic heterocycles. The van der Waals surface area contributed by atoms with E-state index in [1.807, 2.05) is 12.1 Å². The van der Waals surface area contributed by atoms with E-state index in [2.05, 4.69) is 41.2 Å². The number of hydrogen-bond acceptors (Lipinski definition) is 3. The lowest BCUT2D eigenvalue weighted by molar-refractivity contribution is -0.0979. The maximum absolute atomic E-state index is 5.48. The van der Waals surface area contributed by atoms with Crippen LogP contribution in [0.5, 0.6) is 5.75 Å². The van der Waals surface area contributed by atoms with Crippen LogP contribution >= 0.6 is 15.9 Å². The third-order valence-electron chi connectivity index (χ3n) is 4.24. The van der Waals surface area contributed by atoms with Gasteiger partial charge in [0.25, 0.3) is 0 Å². The Hall–Kier alpha value is -0.580. The minimum absolute atomic E-state index is 0.188. The van der Waals surface area contributed by atoms with Crippen LogP contribution in [0.4, 0.5) is 0 Å². The smallest absolute Gasteiger partial charge is 0.123 e. The van der Waals surface area contributed by atoms with E-state index in [1.54, 1.807) is 14.2 Å². The van der Waals surface area contributed by atoms with Gasteiger partial charge in [-0.3, -0.25) is 0 Å². The zero-order valence-electron chi connectivity index (χ0n) is 12.0. The van der Waals surface area contributed by atoms with Crippen LogP contribution < -0.4 is 10.1 Å². The maximum Gasteiger partial charge on any atom is 0.123 e. The van der Waals surface area contributed by atoms with E-state index >= 15 is 0 Å². The Morgan fingerprint density at radius 2 is 2.11 bits per heavy atom. The van der Waals surface area contributed by atoms with Crippen molar-refractivity contribution in [2.75, 3.05) is 14.2 Å². The van der Waals surface area contributed by atoms with Gasteiger partial charge in [0.1, 0.15) is 5.75 Å². The Labute approximate surface area is 123 Å². The predicted octanol–water partition coefficient (Wildman–Crippen LogP) is 3.36. The highest BCUT2D eigenvalue weighted by atomic mass is 79.9. The molecule has 0 spiro atoms. The second-order valence-electron chi connectivity index (χ2n) is 5.67. The van der Waals surface area contributed by atoms with Crippen molar-refractivity contribution >= 4 is 15.9 Å². The lowest BCUT2D eigenvalue weighted by Crippen LogP contribution is -2.60. The SMILES string of the molecule is COc1ccc(Br)cc1CNC1CC(OC)C1(C)C. The number of benzene rings is 1. The Morgan fingerprint density at radius 3 is 2.68 bits per heavy atom. The summed E-state index contributed by atoms with van der Waals surface area (Å²) < 4.78 is 11.9. The average Bonchev–Trinajstić information content (AvgIpc) is 2.38. The molecule has 106 valence electrons. The van der Waals surface area contributed by atoms with E-state index in [4.69, 9.17) is 9.47 Å². The van der Waals surface area contributed by atoms with Crippen LogP contribution in [0.25, 0.3) is 0 Å². The molecule has 1 aromatic rings. The summed E-state index contributed by atoms with van der Waals surface area (Å²) >= 11 is 3.50. The molecule has 1 aliphatic rings. The second kappa shape index (κ2) is 5.81. The van der Waals surface area contributed by atoms with E-state index < -0.39 is 0 Å². The van der Waals surface area contributed by atoms with Crippen molar-refractivity contribution in [1.29, 1.82) is 0 Å². The average molecular weight is 328 g/mol. The fourth-order valence-corrected chi connectivity index (χ4v) is 3.16. The van der Waals surface area contributed by atoms with Gasteiger partial charge in [0.15, 0.2) is 0 Å². The normalized spacial score (nSPS) is 24.9. The fourth-order valence-electron chi connectivity index (χ4n) is 2.75. The fraction of sp³-hybridized carbons (Fsp3) is 0.600. The van der Waals surface area contributed by atoms with E-state index in [0.717, 1.165) is 23.2 Å². The number of methoxy groups -OCH3 is 2. The molecule has 3 nitrogen and oxygen atoms in total. The Kier molecular flexibility index (Phi) is 4.54. The summed E-state index contributed by atoms with van der Waals surface area (Å²) in [6.07, 6.45) is 1.43. The molecule has 2 rings (SSSR count). The first-order chi connectivity index (χ1) is 8.98. The molecular formula is C15H22BrNO2. The monoisotopic (exact) mass is 327 g/mol. The number of nitrogens with one attached hydrogen (secondary N) is 1. The van der Waals surface area contributed by atoms with Crippen LogP contribution in [0, 0.1) is 5.41 Å². The molecule has 1 aliphatic carbocycles. The van der Waals surface area contributed by atoms with Gasteiger partial charge in [-0.05, 0) is 24.6 Å². The van der Waals surface area contributed by atoms with Crippen molar-refractivity contribution in [2.45, 2.75) is 39.0 Å². The number of ether oxygens (including phenoxy) is 2. The number of rotatable bonds is 5. The molecule has 0 aliphatic heterocycles. The van der Waals surface area contributed by atoms with Crippen LogP contribution in [0.2, 0.25) is 0 Å². The van der Waals surface area contributed by atoms with Gasteiger partial charge in [-0.2, -0.15) is 0 Å². The van der Waals surface area contributed by atoms with Crippen LogP contribution in [-0.4, -0.2) is 26.4 Å². The van der Waals surface area contributed by atoms with Crippen molar-refractivity contribution in [3.63, 3.8) is 0 Å². The molecule has 1 saturated carbocycles. The minimum atomic E-state index is 0.188. The molecule has 4 heteroatoms. The maximum atomic E-state index is 5.48. The van der Waals surface area contributed by atoms with Gasteiger partial charge < -0.3 is 14.8 Å². The molecule has 0 bridgehead atoms. The number of halogens is 1. The summed E-state index contributed by atoms with van der Waals surface area (Å²) in [7, 11) is 3.50. The zero-order valence-corrected chi connectivity index (χ0v) is 13.6. The third-order valence-corrected chi connectivity index (χ3v) is 4.74. The molecule has 2 atom stereocenters. The van der Waals surface area contributed by atoms with E-state index in [1.165, 1.54) is 5.56 Å². The summed E-state index contributed by atoms with van der Waals surface area (Å²) in [4.78, 5) is 0. The summed E-state index contributed by atoms with van der Waals surface area (Å²) in [5, 5.41) is 3.61. The zero-order chi connectivity index (χ0) is 14.0. The topological polar surface area (TPSA) is 30.5 Å². The highest BCUT2D eigenvalue weighted by molar-refractivity contribution is 9.10. The second-order valence-corrected chi connectivity index (χ2v) is 6.59. The van der Waals surface area contributed by atoms with Crippen molar-refractivity contribution < 1.29 is 9.47 Å². The standard InChI is InChI=1S/C15H22BrNO2/c1-15(2)13(8-14(15)19-4)17-9-10-7-11(16)5-6-12(10)18-3/h5-7,13-14,17H,8-9H2,1-4H3. The highest BCUT2D eigenvalue weighted by Gasteiger charge is 2.48. The van der Waals surface area contributed by atoms with Gasteiger partial charge in [-0.25, -0.2) is 0 Å². The van der Waals surface area contributed by atoms with Crippen molar-refractivity contribution in [3.05, 3.63) is 28.2 Å². The lowest BCUT2D eigenvalue weighted by atomic mass is 9.64. The predicted molar refractivity (Wildman–Crippen MR) is 80.5 cm³/mol. The molecule has 1 aromatic carbocycles. The molecule has 0 heterocycles. The van der Waals surface area contributed by atoms with Gasteiger partial charge in [0.2, 0.25) is 0 Å². The van der Waals surface area contributed by atoms with Crippen molar-refractivity contribution in [1.82, 2.24) is 5.32 Å². The molecule has 1 fully saturated rings. The summed E-state index contributed by atoms with van der Waals surface area (Å²) in [6.45, 7) is 5.31. The van der Waals surface area contributed by atoms with Crippen molar-refractivity contribution in [2.24, 2.45) is 5.41 Å². The Morgan fingerprint density at radius 1 is 1.37 bits per heavy atom. The third kappa shape index (κ3) is 2.96. The Balaban J connectivity index is 1.98. The molecule has 0 radical (unpaired) electrons. The van der Waals surface area contributed by atoms with Crippen LogP contribution in [0.3, 0.4) is 0 Å². The first kappa shape index (κ1) is 14.8. The molecule has 2 unspecified atom stereocenters. The first-order valence-electron chi connectivity index (χ1n) is 6.57. The van der Waals surface area contributed by atoms with Crippen LogP contribution in [0.1, 0.15) is 25.8 Å². The van der Waals surface area contributed by atoms with Gasteiger partial charge in [0, 0.05) is 35.1 Å². The first-order valence-corrected chi connectivity index (χ1v) is 7.37. The molecule has 0 amide bonds. The van der Waals surface area contributed by atoms with E-state index in [9.17, 15) is 0 Å². The lowest BCUT2D eigenvalue weighted by Gasteiger charge is -2.51. The minimum Gasteiger partial charge on any atom is -0.496 e. The largest absolute Gasteiger partial charge is 0.496 e. The van der Waals surface area contributed by atoms with E-state index in [-0.39, 0.29) is 5.41 Å². The summed E-state index contributed by atoms with van der Waals surface area (Å²) in [6, 6.07) is 6.58.